The molecule has 0 unspecified atom stereocenters. The zero-order valence-electron chi connectivity index (χ0n) is 12.0. The number of hydrogen-bond donors (Lipinski definition) is 1. The summed E-state index contributed by atoms with van der Waals surface area (Å²) in [5, 5.41) is 2.91. The van der Waals surface area contributed by atoms with Crippen LogP contribution in [0.25, 0.3) is 0 Å². The highest BCUT2D eigenvalue weighted by molar-refractivity contribution is 9.10. The van der Waals surface area contributed by atoms with Crippen LogP contribution in [0.5, 0.6) is 0 Å². The van der Waals surface area contributed by atoms with Gasteiger partial charge in [0.15, 0.2) is 0 Å². The largest absolute Gasteiger partial charge is 0.326 e. The molecule has 2 nitrogen and oxygen atoms in total. The highest BCUT2D eigenvalue weighted by atomic mass is 79.9. The second-order valence-corrected chi connectivity index (χ2v) is 5.97. The fourth-order valence-electron chi connectivity index (χ4n) is 2.26. The Balaban J connectivity index is 2.01. The maximum absolute atomic E-state index is 13.5. The molecule has 110 valence electrons. The van der Waals surface area contributed by atoms with Crippen molar-refractivity contribution in [2.75, 3.05) is 5.32 Å². The molecule has 0 aliphatic rings. The Bertz CT molecular complexity index is 647. The van der Waals surface area contributed by atoms with Gasteiger partial charge in [-0.05, 0) is 55.2 Å². The van der Waals surface area contributed by atoms with Gasteiger partial charge < -0.3 is 5.32 Å². The van der Waals surface area contributed by atoms with Crippen molar-refractivity contribution in [3.05, 3.63) is 63.4 Å². The molecule has 2 aromatic carbocycles. The predicted octanol–water partition coefficient (Wildman–Crippen LogP) is 4.78. The number of hydrogen-bond acceptors (Lipinski definition) is 1. The molecule has 0 bridgehead atoms. The lowest BCUT2D eigenvalue weighted by molar-refractivity contribution is -0.116. The molecule has 1 amide bonds. The lowest BCUT2D eigenvalue weighted by Gasteiger charge is -2.12. The molecule has 0 spiro atoms. The van der Waals surface area contributed by atoms with E-state index in [1.165, 1.54) is 6.07 Å². The zero-order valence-corrected chi connectivity index (χ0v) is 13.6. The monoisotopic (exact) mass is 349 g/mol. The van der Waals surface area contributed by atoms with E-state index in [1.807, 2.05) is 26.0 Å². The maximum Gasteiger partial charge on any atom is 0.224 e. The second kappa shape index (κ2) is 6.85. The van der Waals surface area contributed by atoms with Crippen molar-refractivity contribution in [1.29, 1.82) is 0 Å². The molecule has 0 fully saturated rings. The summed E-state index contributed by atoms with van der Waals surface area (Å²) in [6, 6.07) is 10.5. The Labute approximate surface area is 132 Å². The Kier molecular flexibility index (Phi) is 5.12. The van der Waals surface area contributed by atoms with Crippen LogP contribution in [0.2, 0.25) is 0 Å². The molecule has 0 saturated carbocycles. The van der Waals surface area contributed by atoms with E-state index in [0.29, 0.717) is 12.0 Å². The second-order valence-electron chi connectivity index (χ2n) is 5.05. The summed E-state index contributed by atoms with van der Waals surface area (Å²) >= 11 is 3.43. The number of anilines is 1. The van der Waals surface area contributed by atoms with E-state index in [9.17, 15) is 9.18 Å². The molecular formula is C17H17BrFNO. The van der Waals surface area contributed by atoms with Crippen LogP contribution in [0, 0.1) is 19.7 Å². The molecular weight excluding hydrogens is 333 g/mol. The molecule has 2 aromatic rings. The molecule has 0 radical (unpaired) electrons. The van der Waals surface area contributed by atoms with Gasteiger partial charge in [-0.3, -0.25) is 4.79 Å². The average molecular weight is 350 g/mol. The molecule has 1 N–H and O–H groups in total. The van der Waals surface area contributed by atoms with Gasteiger partial charge in [0.1, 0.15) is 5.82 Å². The third-order valence-corrected chi connectivity index (χ3v) is 3.80. The van der Waals surface area contributed by atoms with Crippen molar-refractivity contribution < 1.29 is 9.18 Å². The predicted molar refractivity (Wildman–Crippen MR) is 87.0 cm³/mol. The van der Waals surface area contributed by atoms with E-state index in [1.54, 1.807) is 18.2 Å². The van der Waals surface area contributed by atoms with Crippen molar-refractivity contribution in [3.8, 4) is 0 Å². The van der Waals surface area contributed by atoms with Crippen molar-refractivity contribution in [1.82, 2.24) is 0 Å². The Morgan fingerprint density at radius 1 is 1.19 bits per heavy atom. The summed E-state index contributed by atoms with van der Waals surface area (Å²) in [7, 11) is 0. The number of carbonyl (C=O) groups is 1. The topological polar surface area (TPSA) is 29.1 Å². The quantitative estimate of drug-likeness (QED) is 0.845. The molecule has 0 aliphatic carbocycles. The number of halogens is 2. The number of amides is 1. The summed E-state index contributed by atoms with van der Waals surface area (Å²) in [4.78, 5) is 12.0. The lowest BCUT2D eigenvalue weighted by atomic mass is 10.1. The number of nitrogens with one attached hydrogen (secondary N) is 1. The number of carbonyl (C=O) groups excluding carboxylic acids is 1. The van der Waals surface area contributed by atoms with Crippen molar-refractivity contribution >= 4 is 27.5 Å². The first-order chi connectivity index (χ1) is 9.97. The highest BCUT2D eigenvalue weighted by Gasteiger charge is 2.10. The van der Waals surface area contributed by atoms with Crippen LogP contribution in [-0.4, -0.2) is 5.91 Å². The summed E-state index contributed by atoms with van der Waals surface area (Å²) < 4.78 is 14.5. The number of benzene rings is 2. The van der Waals surface area contributed by atoms with Crippen LogP contribution in [0.1, 0.15) is 23.1 Å². The van der Waals surface area contributed by atoms with Crippen LogP contribution < -0.4 is 5.32 Å². The van der Waals surface area contributed by atoms with E-state index in [-0.39, 0.29) is 18.1 Å². The SMILES string of the molecule is Cc1cc(Br)cc(C)c1NC(=O)CCc1ccccc1F. The van der Waals surface area contributed by atoms with E-state index in [0.717, 1.165) is 21.3 Å². The summed E-state index contributed by atoms with van der Waals surface area (Å²) in [5.41, 5.74) is 3.40. The Morgan fingerprint density at radius 2 is 1.81 bits per heavy atom. The minimum absolute atomic E-state index is 0.105. The van der Waals surface area contributed by atoms with Crippen molar-refractivity contribution in [2.24, 2.45) is 0 Å². The van der Waals surface area contributed by atoms with Gasteiger partial charge in [0, 0.05) is 16.6 Å². The average Bonchev–Trinajstić information content (AvgIpc) is 2.42. The van der Waals surface area contributed by atoms with E-state index in [4.69, 9.17) is 0 Å². The van der Waals surface area contributed by atoms with E-state index >= 15 is 0 Å². The zero-order chi connectivity index (χ0) is 15.4. The van der Waals surface area contributed by atoms with Crippen molar-refractivity contribution in [3.63, 3.8) is 0 Å². The Hall–Kier alpha value is -1.68. The minimum atomic E-state index is -0.263. The fourth-order valence-corrected chi connectivity index (χ4v) is 2.95. The molecule has 0 aliphatic heterocycles. The van der Waals surface area contributed by atoms with Gasteiger partial charge in [0.05, 0.1) is 0 Å². The third-order valence-electron chi connectivity index (χ3n) is 3.34. The maximum atomic E-state index is 13.5. The van der Waals surface area contributed by atoms with Gasteiger partial charge in [0.2, 0.25) is 5.91 Å². The molecule has 0 saturated heterocycles. The van der Waals surface area contributed by atoms with Gasteiger partial charge >= 0.3 is 0 Å². The van der Waals surface area contributed by atoms with Crippen LogP contribution in [0.4, 0.5) is 10.1 Å². The molecule has 2 rings (SSSR count). The summed E-state index contributed by atoms with van der Waals surface area (Å²) in [6.45, 7) is 3.90. The normalized spacial score (nSPS) is 10.5. The Morgan fingerprint density at radius 3 is 2.43 bits per heavy atom. The number of rotatable bonds is 4. The van der Waals surface area contributed by atoms with Crippen LogP contribution in [0.3, 0.4) is 0 Å². The summed E-state index contributed by atoms with van der Waals surface area (Å²) in [6.07, 6.45) is 0.656. The van der Waals surface area contributed by atoms with Crippen LogP contribution in [-0.2, 0) is 11.2 Å². The first-order valence-corrected chi connectivity index (χ1v) is 7.56. The first kappa shape index (κ1) is 15.7. The number of aryl methyl sites for hydroxylation is 3. The smallest absolute Gasteiger partial charge is 0.224 e. The fraction of sp³-hybridized carbons (Fsp3) is 0.235. The van der Waals surface area contributed by atoms with Gasteiger partial charge in [0.25, 0.3) is 0 Å². The van der Waals surface area contributed by atoms with Gasteiger partial charge in [-0.25, -0.2) is 4.39 Å². The van der Waals surface area contributed by atoms with Gasteiger partial charge in [-0.15, -0.1) is 0 Å². The third kappa shape index (κ3) is 4.14. The standard InChI is InChI=1S/C17H17BrFNO/c1-11-9-14(18)10-12(2)17(11)20-16(21)8-7-13-5-3-4-6-15(13)19/h3-6,9-10H,7-8H2,1-2H3,(H,20,21). The summed E-state index contributed by atoms with van der Waals surface area (Å²) in [5.74, 6) is -0.368. The molecule has 0 heterocycles. The van der Waals surface area contributed by atoms with Gasteiger partial charge in [-0.1, -0.05) is 34.1 Å². The van der Waals surface area contributed by atoms with Crippen LogP contribution >= 0.6 is 15.9 Å². The van der Waals surface area contributed by atoms with E-state index in [2.05, 4.69) is 21.2 Å². The molecule has 21 heavy (non-hydrogen) atoms. The minimum Gasteiger partial charge on any atom is -0.326 e. The molecule has 0 aromatic heterocycles. The highest BCUT2D eigenvalue weighted by Crippen LogP contribution is 2.25. The van der Waals surface area contributed by atoms with Crippen LogP contribution in [0.15, 0.2) is 40.9 Å². The molecule has 4 heteroatoms. The first-order valence-electron chi connectivity index (χ1n) is 6.77. The molecule has 0 atom stereocenters. The van der Waals surface area contributed by atoms with Gasteiger partial charge in [-0.2, -0.15) is 0 Å². The van der Waals surface area contributed by atoms with E-state index < -0.39 is 0 Å². The lowest BCUT2D eigenvalue weighted by Crippen LogP contribution is -2.14. The van der Waals surface area contributed by atoms with Crippen molar-refractivity contribution in [2.45, 2.75) is 26.7 Å².